The van der Waals surface area contributed by atoms with Gasteiger partial charge < -0.3 is 10.1 Å². The summed E-state index contributed by atoms with van der Waals surface area (Å²) in [5, 5.41) is 3.14. The number of nitrogens with zero attached hydrogens (tertiary/aromatic N) is 2. The zero-order valence-electron chi connectivity index (χ0n) is 15.7. The van der Waals surface area contributed by atoms with Crippen LogP contribution >= 0.6 is 11.3 Å². The topological polar surface area (TPSA) is 82.3 Å². The Bertz CT molecular complexity index is 1320. The second-order valence-corrected chi connectivity index (χ2v) is 7.46. The van der Waals surface area contributed by atoms with Gasteiger partial charge in [-0.15, -0.1) is 11.3 Å². The molecule has 8 heteroatoms. The number of aryl methyl sites for hydroxylation is 1. The maximum absolute atomic E-state index is 12.6. The summed E-state index contributed by atoms with van der Waals surface area (Å²) in [6.45, 7) is 0. The molecule has 1 N–H and O–H groups in total. The second-order valence-electron chi connectivity index (χ2n) is 6.43. The molecule has 0 bridgehead atoms. The largest absolute Gasteiger partial charge is 0.457 e. The number of hydrogen-bond acceptors (Lipinski definition) is 5. The molecule has 0 saturated carbocycles. The third-order valence-electron chi connectivity index (χ3n) is 4.44. The fourth-order valence-electron chi connectivity index (χ4n) is 2.90. The molecule has 0 aliphatic rings. The zero-order chi connectivity index (χ0) is 20.5. The van der Waals surface area contributed by atoms with Crippen LogP contribution in [-0.2, 0) is 14.1 Å². The average Bonchev–Trinajstić information content (AvgIpc) is 3.19. The minimum absolute atomic E-state index is 0.344. The predicted octanol–water partition coefficient (Wildman–Crippen LogP) is 3.34. The Morgan fingerprint density at radius 1 is 0.931 bits per heavy atom. The van der Waals surface area contributed by atoms with Crippen molar-refractivity contribution in [3.8, 4) is 11.5 Å². The molecule has 2 heterocycles. The molecule has 0 spiro atoms. The fourth-order valence-corrected chi connectivity index (χ4v) is 3.90. The highest BCUT2D eigenvalue weighted by atomic mass is 32.1. The molecule has 29 heavy (non-hydrogen) atoms. The lowest BCUT2D eigenvalue weighted by molar-refractivity contribution is 0.103. The molecular formula is C21H17N3O4S. The highest BCUT2D eigenvalue weighted by Gasteiger charge is 2.16. The first-order chi connectivity index (χ1) is 13.9. The molecule has 2 aromatic heterocycles. The van der Waals surface area contributed by atoms with E-state index in [4.69, 9.17) is 4.74 Å². The third kappa shape index (κ3) is 3.57. The maximum Gasteiger partial charge on any atom is 0.331 e. The molecule has 7 nitrogen and oxygen atoms in total. The number of amides is 1. The predicted molar refractivity (Wildman–Crippen MR) is 113 cm³/mol. The number of thiophene rings is 1. The van der Waals surface area contributed by atoms with Crippen LogP contribution in [-0.4, -0.2) is 15.0 Å². The van der Waals surface area contributed by atoms with Crippen molar-refractivity contribution in [3.63, 3.8) is 0 Å². The number of para-hydroxylation sites is 1. The Labute approximate surface area is 169 Å². The van der Waals surface area contributed by atoms with Crippen molar-refractivity contribution >= 4 is 33.1 Å². The summed E-state index contributed by atoms with van der Waals surface area (Å²) in [4.78, 5) is 37.8. The number of ether oxygens (including phenoxy) is 1. The van der Waals surface area contributed by atoms with Crippen LogP contribution in [0, 0.1) is 0 Å². The Morgan fingerprint density at radius 2 is 1.59 bits per heavy atom. The molecular weight excluding hydrogens is 390 g/mol. The van der Waals surface area contributed by atoms with Crippen molar-refractivity contribution in [1.29, 1.82) is 0 Å². The minimum Gasteiger partial charge on any atom is -0.457 e. The SMILES string of the molecule is Cn1c(=O)c2cc(C(=O)Nc3ccc(Oc4ccccc4)cc3)sc2n(C)c1=O. The smallest absolute Gasteiger partial charge is 0.331 e. The number of hydrogen-bond donors (Lipinski definition) is 1. The van der Waals surface area contributed by atoms with Crippen molar-refractivity contribution in [3.05, 3.63) is 86.4 Å². The molecule has 4 rings (SSSR count). The lowest BCUT2D eigenvalue weighted by atomic mass is 10.3. The van der Waals surface area contributed by atoms with Gasteiger partial charge in [-0.3, -0.25) is 18.7 Å². The summed E-state index contributed by atoms with van der Waals surface area (Å²) >= 11 is 1.11. The summed E-state index contributed by atoms with van der Waals surface area (Å²) < 4.78 is 8.13. The van der Waals surface area contributed by atoms with Crippen molar-refractivity contribution in [1.82, 2.24) is 9.13 Å². The van der Waals surface area contributed by atoms with Crippen molar-refractivity contribution in [2.75, 3.05) is 5.32 Å². The fraction of sp³-hybridized carbons (Fsp3) is 0.0952. The first-order valence-corrected chi connectivity index (χ1v) is 9.59. The number of rotatable bonds is 4. The number of benzene rings is 2. The first kappa shape index (κ1) is 18.7. The molecule has 0 unspecified atom stereocenters. The van der Waals surface area contributed by atoms with E-state index < -0.39 is 11.2 Å². The summed E-state index contributed by atoms with van der Waals surface area (Å²) in [5.41, 5.74) is -0.249. The number of fused-ring (bicyclic) bond motifs is 1. The van der Waals surface area contributed by atoms with Gasteiger partial charge in [0.2, 0.25) is 0 Å². The monoisotopic (exact) mass is 407 g/mol. The van der Waals surface area contributed by atoms with Gasteiger partial charge in [-0.1, -0.05) is 18.2 Å². The molecule has 0 radical (unpaired) electrons. The third-order valence-corrected chi connectivity index (χ3v) is 5.65. The zero-order valence-corrected chi connectivity index (χ0v) is 16.5. The number of aromatic nitrogens is 2. The quantitative estimate of drug-likeness (QED) is 0.563. The van der Waals surface area contributed by atoms with E-state index in [1.807, 2.05) is 30.3 Å². The van der Waals surface area contributed by atoms with Crippen LogP contribution in [0.2, 0.25) is 0 Å². The molecule has 0 saturated heterocycles. The molecule has 0 aliphatic heterocycles. The summed E-state index contributed by atoms with van der Waals surface area (Å²) in [7, 11) is 2.99. The van der Waals surface area contributed by atoms with Crippen LogP contribution in [0.15, 0.2) is 70.3 Å². The summed E-state index contributed by atoms with van der Waals surface area (Å²) in [6, 6.07) is 17.9. The van der Waals surface area contributed by atoms with Crippen LogP contribution < -0.4 is 21.3 Å². The van der Waals surface area contributed by atoms with Crippen LogP contribution in [0.4, 0.5) is 5.69 Å². The minimum atomic E-state index is -0.426. The molecule has 0 aliphatic carbocycles. The van der Waals surface area contributed by atoms with Crippen molar-refractivity contribution in [2.24, 2.45) is 14.1 Å². The maximum atomic E-state index is 12.6. The normalized spacial score (nSPS) is 10.8. The van der Waals surface area contributed by atoms with E-state index in [0.717, 1.165) is 21.7 Å². The van der Waals surface area contributed by atoms with Gasteiger partial charge in [-0.05, 0) is 42.5 Å². The molecule has 0 fully saturated rings. The number of nitrogens with one attached hydrogen (secondary N) is 1. The molecule has 4 aromatic rings. The van der Waals surface area contributed by atoms with E-state index in [-0.39, 0.29) is 5.91 Å². The van der Waals surface area contributed by atoms with Crippen LogP contribution in [0.25, 0.3) is 10.2 Å². The summed E-state index contributed by atoms with van der Waals surface area (Å²) in [5.74, 6) is 1.02. The van der Waals surface area contributed by atoms with Gasteiger partial charge in [0, 0.05) is 19.8 Å². The van der Waals surface area contributed by atoms with Gasteiger partial charge in [0.15, 0.2) is 0 Å². The van der Waals surface area contributed by atoms with E-state index in [1.165, 1.54) is 17.7 Å². The molecule has 0 atom stereocenters. The van der Waals surface area contributed by atoms with E-state index >= 15 is 0 Å². The Hall–Kier alpha value is -3.65. The van der Waals surface area contributed by atoms with Crippen molar-refractivity contribution < 1.29 is 9.53 Å². The van der Waals surface area contributed by atoms with E-state index in [1.54, 1.807) is 31.3 Å². The van der Waals surface area contributed by atoms with Gasteiger partial charge in [-0.25, -0.2) is 4.79 Å². The first-order valence-electron chi connectivity index (χ1n) is 8.78. The van der Waals surface area contributed by atoms with Gasteiger partial charge in [-0.2, -0.15) is 0 Å². The molecule has 146 valence electrons. The van der Waals surface area contributed by atoms with E-state index in [0.29, 0.717) is 26.5 Å². The Balaban J connectivity index is 1.55. The van der Waals surface area contributed by atoms with Crippen LogP contribution in [0.1, 0.15) is 9.67 Å². The van der Waals surface area contributed by atoms with Crippen molar-refractivity contribution in [2.45, 2.75) is 0 Å². The molecule has 1 amide bonds. The number of anilines is 1. The number of carbonyl (C=O) groups excluding carboxylic acids is 1. The second kappa shape index (κ2) is 7.40. The van der Waals surface area contributed by atoms with Gasteiger partial charge in [0.25, 0.3) is 11.5 Å². The Morgan fingerprint density at radius 3 is 2.28 bits per heavy atom. The highest BCUT2D eigenvalue weighted by Crippen LogP contribution is 2.25. The summed E-state index contributed by atoms with van der Waals surface area (Å²) in [6.07, 6.45) is 0. The highest BCUT2D eigenvalue weighted by molar-refractivity contribution is 7.20. The van der Waals surface area contributed by atoms with E-state index in [2.05, 4.69) is 5.32 Å². The molecule has 2 aromatic carbocycles. The van der Waals surface area contributed by atoms with Crippen LogP contribution in [0.3, 0.4) is 0 Å². The van der Waals surface area contributed by atoms with Gasteiger partial charge in [0.05, 0.1) is 10.3 Å². The number of carbonyl (C=O) groups is 1. The van der Waals surface area contributed by atoms with Gasteiger partial charge in [0.1, 0.15) is 16.3 Å². The Kier molecular flexibility index (Phi) is 4.77. The average molecular weight is 407 g/mol. The lowest BCUT2D eigenvalue weighted by Crippen LogP contribution is -2.36. The standard InChI is InChI=1S/C21H17N3O4S/c1-23-19(26)16-12-17(29-20(16)24(2)21(23)27)18(25)22-13-8-10-15(11-9-13)28-14-6-4-3-5-7-14/h3-12H,1-2H3,(H,22,25). The van der Waals surface area contributed by atoms with Gasteiger partial charge >= 0.3 is 5.69 Å². The lowest BCUT2D eigenvalue weighted by Gasteiger charge is -2.07. The van der Waals surface area contributed by atoms with E-state index in [9.17, 15) is 14.4 Å². The van der Waals surface area contributed by atoms with Crippen LogP contribution in [0.5, 0.6) is 11.5 Å².